The van der Waals surface area contributed by atoms with Crippen molar-refractivity contribution in [3.8, 4) is 5.82 Å². The lowest BCUT2D eigenvalue weighted by Gasteiger charge is -2.44. The smallest absolute Gasteiger partial charge is 0.410 e. The summed E-state index contributed by atoms with van der Waals surface area (Å²) in [5.74, 6) is 2.35. The summed E-state index contributed by atoms with van der Waals surface area (Å²) in [7, 11) is 0. The van der Waals surface area contributed by atoms with Crippen molar-refractivity contribution in [2.24, 2.45) is 0 Å². The first kappa shape index (κ1) is 22.6. The molecule has 2 fully saturated rings. The van der Waals surface area contributed by atoms with Gasteiger partial charge >= 0.3 is 6.09 Å². The molecular formula is C26H34N6O2. The molecule has 0 N–H and O–H groups in total. The van der Waals surface area contributed by atoms with Gasteiger partial charge in [-0.2, -0.15) is 0 Å². The molecule has 1 aliphatic heterocycles. The van der Waals surface area contributed by atoms with Gasteiger partial charge in [-0.1, -0.05) is 0 Å². The van der Waals surface area contributed by atoms with Gasteiger partial charge in [-0.25, -0.2) is 19.7 Å². The van der Waals surface area contributed by atoms with E-state index in [0.29, 0.717) is 19.0 Å². The number of pyridine rings is 1. The van der Waals surface area contributed by atoms with E-state index in [1.165, 1.54) is 18.4 Å². The SMILES string of the molecule is Cc1ccnc(-n2cc(C3CC3)c3c(N4C[C@@H](C)N(C(=O)OC(C)(C)C)C[C@@H]4C)ncnc32)c1. The van der Waals surface area contributed by atoms with E-state index in [1.807, 2.05) is 37.9 Å². The molecule has 0 bridgehead atoms. The molecule has 2 atom stereocenters. The molecule has 1 amide bonds. The molecule has 0 aromatic carbocycles. The average Bonchev–Trinajstić information content (AvgIpc) is 3.53. The van der Waals surface area contributed by atoms with Crippen LogP contribution in [0.1, 0.15) is 64.5 Å². The van der Waals surface area contributed by atoms with Crippen molar-refractivity contribution >= 4 is 22.9 Å². The van der Waals surface area contributed by atoms with Gasteiger partial charge in [0, 0.05) is 37.6 Å². The molecule has 2 aliphatic rings. The summed E-state index contributed by atoms with van der Waals surface area (Å²) in [6.07, 6.45) is 7.82. The van der Waals surface area contributed by atoms with Crippen LogP contribution in [-0.4, -0.2) is 61.3 Å². The molecule has 0 radical (unpaired) electrons. The van der Waals surface area contributed by atoms with Crippen LogP contribution in [0.25, 0.3) is 16.9 Å². The number of ether oxygens (including phenoxy) is 1. The highest BCUT2D eigenvalue weighted by Crippen LogP contribution is 2.46. The van der Waals surface area contributed by atoms with Crippen molar-refractivity contribution < 1.29 is 9.53 Å². The maximum Gasteiger partial charge on any atom is 0.410 e. The van der Waals surface area contributed by atoms with Crippen molar-refractivity contribution in [3.05, 3.63) is 42.0 Å². The minimum Gasteiger partial charge on any atom is -0.444 e. The van der Waals surface area contributed by atoms with Gasteiger partial charge in [0.25, 0.3) is 0 Å². The second kappa shape index (κ2) is 8.25. The standard InChI is InChI=1S/C26H34N6O2/c1-16-9-10-27-21(11-16)32-14-20(19-7-8-19)22-23(28-15-29-24(22)32)30-12-18(3)31(13-17(30)2)25(33)34-26(4,5)6/h9-11,14-15,17-19H,7-8,12-13H2,1-6H3/t17-,18+/m0/s1. The summed E-state index contributed by atoms with van der Waals surface area (Å²) >= 11 is 0. The second-order valence-electron chi connectivity index (χ2n) is 10.8. The second-order valence-corrected chi connectivity index (χ2v) is 10.8. The molecule has 34 heavy (non-hydrogen) atoms. The normalized spacial score (nSPS) is 21.2. The van der Waals surface area contributed by atoms with Crippen LogP contribution in [0.2, 0.25) is 0 Å². The van der Waals surface area contributed by atoms with Crippen LogP contribution in [-0.2, 0) is 4.74 Å². The summed E-state index contributed by atoms with van der Waals surface area (Å²) in [6, 6.07) is 4.18. The highest BCUT2D eigenvalue weighted by Gasteiger charge is 2.37. The third-order valence-corrected chi connectivity index (χ3v) is 6.64. The molecule has 5 rings (SSSR count). The predicted molar refractivity (Wildman–Crippen MR) is 133 cm³/mol. The van der Waals surface area contributed by atoms with Gasteiger partial charge in [0.1, 0.15) is 23.6 Å². The number of nitrogens with zero attached hydrogens (tertiary/aromatic N) is 6. The minimum absolute atomic E-state index is 0.000894. The summed E-state index contributed by atoms with van der Waals surface area (Å²) in [5, 5.41) is 1.11. The lowest BCUT2D eigenvalue weighted by Crippen LogP contribution is -2.59. The van der Waals surface area contributed by atoms with Gasteiger partial charge in [0.2, 0.25) is 0 Å². The van der Waals surface area contributed by atoms with E-state index < -0.39 is 5.60 Å². The van der Waals surface area contributed by atoms with Crippen LogP contribution in [0, 0.1) is 6.92 Å². The molecular weight excluding hydrogens is 428 g/mol. The molecule has 1 saturated heterocycles. The Hall–Kier alpha value is -3.16. The number of hydrogen-bond acceptors (Lipinski definition) is 6. The molecule has 4 heterocycles. The molecule has 180 valence electrons. The van der Waals surface area contributed by atoms with Crippen molar-refractivity contribution in [1.29, 1.82) is 0 Å². The fourth-order valence-corrected chi connectivity index (χ4v) is 4.82. The summed E-state index contributed by atoms with van der Waals surface area (Å²) in [5.41, 5.74) is 2.83. The largest absolute Gasteiger partial charge is 0.444 e. The Morgan fingerprint density at radius 3 is 2.53 bits per heavy atom. The van der Waals surface area contributed by atoms with Crippen molar-refractivity contribution in [2.75, 3.05) is 18.0 Å². The highest BCUT2D eigenvalue weighted by atomic mass is 16.6. The molecule has 8 heteroatoms. The third-order valence-electron chi connectivity index (χ3n) is 6.64. The van der Waals surface area contributed by atoms with Gasteiger partial charge in [-0.05, 0) is 83.6 Å². The fraction of sp³-hybridized carbons (Fsp3) is 0.538. The van der Waals surface area contributed by atoms with Gasteiger partial charge in [-0.3, -0.25) is 4.57 Å². The summed E-state index contributed by atoms with van der Waals surface area (Å²) in [6.45, 7) is 13.3. The molecule has 3 aromatic heterocycles. The monoisotopic (exact) mass is 462 g/mol. The van der Waals surface area contributed by atoms with E-state index in [9.17, 15) is 4.79 Å². The number of anilines is 1. The Balaban J connectivity index is 1.53. The van der Waals surface area contributed by atoms with Crippen molar-refractivity contribution in [3.63, 3.8) is 0 Å². The van der Waals surface area contributed by atoms with Crippen LogP contribution >= 0.6 is 0 Å². The average molecular weight is 463 g/mol. The topological polar surface area (TPSA) is 76.4 Å². The number of piperazine rings is 1. The fourth-order valence-electron chi connectivity index (χ4n) is 4.82. The van der Waals surface area contributed by atoms with Gasteiger partial charge in [0.15, 0.2) is 5.65 Å². The van der Waals surface area contributed by atoms with Crippen molar-refractivity contribution in [2.45, 2.75) is 78.0 Å². The molecule has 1 aliphatic carbocycles. The Kier molecular flexibility index (Phi) is 5.49. The van der Waals surface area contributed by atoms with Crippen LogP contribution in [0.4, 0.5) is 10.6 Å². The van der Waals surface area contributed by atoms with E-state index in [2.05, 4.69) is 47.5 Å². The lowest BCUT2D eigenvalue weighted by molar-refractivity contribution is 0.0130. The number of amides is 1. The maximum absolute atomic E-state index is 12.8. The van der Waals surface area contributed by atoms with E-state index in [-0.39, 0.29) is 18.2 Å². The first-order valence-corrected chi connectivity index (χ1v) is 12.2. The Morgan fingerprint density at radius 2 is 1.85 bits per heavy atom. The van der Waals surface area contributed by atoms with E-state index in [4.69, 9.17) is 14.7 Å². The first-order chi connectivity index (χ1) is 16.1. The number of aryl methyl sites for hydroxylation is 1. The van der Waals surface area contributed by atoms with Gasteiger partial charge in [0.05, 0.1) is 5.39 Å². The Morgan fingerprint density at radius 1 is 1.09 bits per heavy atom. The van der Waals surface area contributed by atoms with Crippen LogP contribution in [0.3, 0.4) is 0 Å². The van der Waals surface area contributed by atoms with Crippen LogP contribution in [0.15, 0.2) is 30.9 Å². The number of rotatable bonds is 3. The zero-order valence-electron chi connectivity index (χ0n) is 20.9. The molecule has 3 aromatic rings. The summed E-state index contributed by atoms with van der Waals surface area (Å²) in [4.78, 5) is 31.1. The third kappa shape index (κ3) is 4.21. The van der Waals surface area contributed by atoms with Crippen LogP contribution in [0.5, 0.6) is 0 Å². The highest BCUT2D eigenvalue weighted by molar-refractivity contribution is 5.93. The van der Waals surface area contributed by atoms with Gasteiger partial charge < -0.3 is 14.5 Å². The molecule has 0 spiro atoms. The number of hydrogen-bond donors (Lipinski definition) is 0. The van der Waals surface area contributed by atoms with E-state index in [1.54, 1.807) is 6.33 Å². The molecule has 0 unspecified atom stereocenters. The number of fused-ring (bicyclic) bond motifs is 1. The van der Waals surface area contributed by atoms with E-state index >= 15 is 0 Å². The zero-order chi connectivity index (χ0) is 24.2. The summed E-state index contributed by atoms with van der Waals surface area (Å²) < 4.78 is 7.76. The zero-order valence-corrected chi connectivity index (χ0v) is 20.9. The number of carbonyl (C=O) groups is 1. The lowest BCUT2D eigenvalue weighted by atomic mass is 10.1. The number of carbonyl (C=O) groups excluding carboxylic acids is 1. The van der Waals surface area contributed by atoms with E-state index in [0.717, 1.165) is 28.2 Å². The maximum atomic E-state index is 12.8. The molecule has 1 saturated carbocycles. The minimum atomic E-state index is -0.512. The predicted octanol–water partition coefficient (Wildman–Crippen LogP) is 4.84. The van der Waals surface area contributed by atoms with Crippen molar-refractivity contribution in [1.82, 2.24) is 24.4 Å². The quantitative estimate of drug-likeness (QED) is 0.555. The Labute approximate surface area is 201 Å². The molecule has 8 nitrogen and oxygen atoms in total. The van der Waals surface area contributed by atoms with Gasteiger partial charge in [-0.15, -0.1) is 0 Å². The Bertz CT molecular complexity index is 1230. The number of aromatic nitrogens is 4. The van der Waals surface area contributed by atoms with Crippen LogP contribution < -0.4 is 4.90 Å². The first-order valence-electron chi connectivity index (χ1n) is 12.2.